The van der Waals surface area contributed by atoms with E-state index < -0.39 is 27.0 Å². The normalized spacial score (nSPS) is 16.2. The highest BCUT2D eigenvalue weighted by Crippen LogP contribution is 2.25. The van der Waals surface area contributed by atoms with Gasteiger partial charge in [-0.3, -0.25) is 19.6 Å². The first-order valence-corrected chi connectivity index (χ1v) is 12.0. The highest BCUT2D eigenvalue weighted by Gasteiger charge is 2.33. The van der Waals surface area contributed by atoms with Gasteiger partial charge in [0.2, 0.25) is 0 Å². The average molecular weight is 476 g/mol. The highest BCUT2D eigenvalue weighted by atomic mass is 32.2. The lowest BCUT2D eigenvalue weighted by Gasteiger charge is -2.34. The minimum absolute atomic E-state index is 0.190. The second-order valence-electron chi connectivity index (χ2n) is 7.65. The molecule has 1 atom stereocenters. The number of benzene rings is 2. The Balaban J connectivity index is 1.77. The van der Waals surface area contributed by atoms with Crippen LogP contribution in [-0.2, 0) is 19.6 Å². The SMILES string of the molecule is CCOC(=O)C1CCCCN1C(=O)c1ccc(NS(=O)(=O)c2ccc(C)c([N+](=O)[O-])c2)cc1. The van der Waals surface area contributed by atoms with Crippen molar-refractivity contribution in [1.82, 2.24) is 4.90 Å². The van der Waals surface area contributed by atoms with Crippen LogP contribution >= 0.6 is 0 Å². The molecule has 2 aromatic rings. The summed E-state index contributed by atoms with van der Waals surface area (Å²) in [6, 6.07) is 8.81. The Morgan fingerprint density at radius 3 is 2.52 bits per heavy atom. The molecule has 10 nitrogen and oxygen atoms in total. The third kappa shape index (κ3) is 5.48. The molecule has 1 aliphatic rings. The molecule has 1 fully saturated rings. The maximum atomic E-state index is 13.0. The van der Waals surface area contributed by atoms with E-state index in [9.17, 15) is 28.1 Å². The summed E-state index contributed by atoms with van der Waals surface area (Å²) in [6.07, 6.45) is 2.14. The van der Waals surface area contributed by atoms with E-state index in [1.165, 1.54) is 48.2 Å². The molecule has 1 heterocycles. The number of likely N-dealkylation sites (tertiary alicyclic amines) is 1. The number of esters is 1. The molecule has 33 heavy (non-hydrogen) atoms. The molecule has 0 saturated carbocycles. The Bertz CT molecular complexity index is 1160. The molecule has 176 valence electrons. The van der Waals surface area contributed by atoms with Crippen molar-refractivity contribution in [3.63, 3.8) is 0 Å². The van der Waals surface area contributed by atoms with Crippen LogP contribution in [0.15, 0.2) is 47.4 Å². The molecule has 0 spiro atoms. The number of nitro groups is 1. The number of ether oxygens (including phenoxy) is 1. The molecular weight excluding hydrogens is 450 g/mol. The summed E-state index contributed by atoms with van der Waals surface area (Å²) in [5.41, 5.74) is 0.549. The standard InChI is InChI=1S/C22H25N3O7S/c1-3-32-22(27)19-6-4-5-13-24(19)21(26)16-8-10-17(11-9-16)23-33(30,31)18-12-7-15(2)20(14-18)25(28)29/h7-12,14,19,23H,3-6,13H2,1-2H3. The molecule has 0 aromatic heterocycles. The third-order valence-electron chi connectivity index (χ3n) is 5.39. The molecule has 11 heteroatoms. The van der Waals surface area contributed by atoms with E-state index in [2.05, 4.69) is 4.72 Å². The van der Waals surface area contributed by atoms with Crippen molar-refractivity contribution in [2.24, 2.45) is 0 Å². The van der Waals surface area contributed by atoms with Crippen molar-refractivity contribution < 1.29 is 27.7 Å². The van der Waals surface area contributed by atoms with Crippen LogP contribution in [0, 0.1) is 17.0 Å². The number of amides is 1. The van der Waals surface area contributed by atoms with E-state index in [0.29, 0.717) is 24.1 Å². The molecule has 1 saturated heterocycles. The number of carbonyl (C=O) groups excluding carboxylic acids is 2. The maximum Gasteiger partial charge on any atom is 0.328 e. The minimum atomic E-state index is -4.08. The van der Waals surface area contributed by atoms with Crippen molar-refractivity contribution in [1.29, 1.82) is 0 Å². The van der Waals surface area contributed by atoms with Gasteiger partial charge in [-0.1, -0.05) is 6.07 Å². The molecule has 1 amide bonds. The highest BCUT2D eigenvalue weighted by molar-refractivity contribution is 7.92. The van der Waals surface area contributed by atoms with Crippen LogP contribution < -0.4 is 4.72 Å². The maximum absolute atomic E-state index is 13.0. The van der Waals surface area contributed by atoms with E-state index in [0.717, 1.165) is 18.9 Å². The molecule has 0 bridgehead atoms. The minimum Gasteiger partial charge on any atom is -0.464 e. The number of nitro benzene ring substituents is 1. The first-order valence-electron chi connectivity index (χ1n) is 10.5. The lowest BCUT2D eigenvalue weighted by Crippen LogP contribution is -2.48. The van der Waals surface area contributed by atoms with Crippen LogP contribution in [0.5, 0.6) is 0 Å². The zero-order valence-electron chi connectivity index (χ0n) is 18.3. The van der Waals surface area contributed by atoms with E-state index in [-0.39, 0.29) is 28.8 Å². The van der Waals surface area contributed by atoms with Crippen LogP contribution in [0.2, 0.25) is 0 Å². The number of anilines is 1. The van der Waals surface area contributed by atoms with Crippen molar-refractivity contribution in [2.45, 2.75) is 44.0 Å². The smallest absolute Gasteiger partial charge is 0.328 e. The zero-order chi connectivity index (χ0) is 24.2. The Hall–Kier alpha value is -3.47. The van der Waals surface area contributed by atoms with Crippen LogP contribution in [0.3, 0.4) is 0 Å². The van der Waals surface area contributed by atoms with Gasteiger partial charge in [-0.15, -0.1) is 0 Å². The summed E-state index contributed by atoms with van der Waals surface area (Å²) >= 11 is 0. The summed E-state index contributed by atoms with van der Waals surface area (Å²) < 4.78 is 32.8. The van der Waals surface area contributed by atoms with E-state index in [1.54, 1.807) is 6.92 Å². The van der Waals surface area contributed by atoms with Crippen molar-refractivity contribution >= 4 is 33.3 Å². The number of nitrogens with one attached hydrogen (secondary N) is 1. The van der Waals surface area contributed by atoms with E-state index >= 15 is 0 Å². The molecule has 0 radical (unpaired) electrons. The van der Waals surface area contributed by atoms with Gasteiger partial charge < -0.3 is 9.64 Å². The predicted octanol–water partition coefficient (Wildman–Crippen LogP) is 3.26. The molecule has 1 aliphatic heterocycles. The Morgan fingerprint density at radius 2 is 1.88 bits per heavy atom. The van der Waals surface area contributed by atoms with Crippen molar-refractivity contribution in [3.05, 3.63) is 63.7 Å². The van der Waals surface area contributed by atoms with Gasteiger partial charge in [0.05, 0.1) is 16.4 Å². The van der Waals surface area contributed by atoms with Gasteiger partial charge in [0.1, 0.15) is 6.04 Å². The van der Waals surface area contributed by atoms with Gasteiger partial charge in [-0.05, 0) is 63.4 Å². The second-order valence-corrected chi connectivity index (χ2v) is 9.33. The molecule has 3 rings (SSSR count). The number of rotatable bonds is 7. The molecular formula is C22H25N3O7S. The number of hydrogen-bond acceptors (Lipinski definition) is 7. The van der Waals surface area contributed by atoms with Gasteiger partial charge in [-0.25, -0.2) is 13.2 Å². The fourth-order valence-corrected chi connectivity index (χ4v) is 4.75. The number of piperidine rings is 1. The largest absolute Gasteiger partial charge is 0.464 e. The number of aryl methyl sites for hydroxylation is 1. The van der Waals surface area contributed by atoms with Gasteiger partial charge in [0.15, 0.2) is 0 Å². The molecule has 1 N–H and O–H groups in total. The first kappa shape index (κ1) is 24.2. The summed E-state index contributed by atoms with van der Waals surface area (Å²) in [7, 11) is -4.08. The third-order valence-corrected chi connectivity index (χ3v) is 6.77. The Kier molecular flexibility index (Phi) is 7.32. The summed E-state index contributed by atoms with van der Waals surface area (Å²) in [4.78, 5) is 37.0. The predicted molar refractivity (Wildman–Crippen MR) is 120 cm³/mol. The average Bonchev–Trinajstić information content (AvgIpc) is 2.79. The fourth-order valence-electron chi connectivity index (χ4n) is 3.67. The van der Waals surface area contributed by atoms with Crippen LogP contribution in [0.1, 0.15) is 42.1 Å². The summed E-state index contributed by atoms with van der Waals surface area (Å²) in [5.74, 6) is -0.765. The monoisotopic (exact) mass is 475 g/mol. The summed E-state index contributed by atoms with van der Waals surface area (Å²) in [5, 5.41) is 11.1. The number of hydrogen-bond donors (Lipinski definition) is 1. The molecule has 2 aromatic carbocycles. The topological polar surface area (TPSA) is 136 Å². The number of carbonyl (C=O) groups is 2. The van der Waals surface area contributed by atoms with Crippen LogP contribution in [-0.4, -0.2) is 49.3 Å². The molecule has 0 aliphatic carbocycles. The van der Waals surface area contributed by atoms with Gasteiger partial charge in [0.25, 0.3) is 21.6 Å². The number of nitrogens with zero attached hydrogens (tertiary/aromatic N) is 2. The van der Waals surface area contributed by atoms with E-state index in [1.807, 2.05) is 0 Å². The summed E-state index contributed by atoms with van der Waals surface area (Å²) in [6.45, 7) is 3.90. The van der Waals surface area contributed by atoms with Gasteiger partial charge in [-0.2, -0.15) is 0 Å². The van der Waals surface area contributed by atoms with Gasteiger partial charge in [0, 0.05) is 29.4 Å². The second kappa shape index (κ2) is 9.99. The lowest BCUT2D eigenvalue weighted by atomic mass is 10.0. The van der Waals surface area contributed by atoms with E-state index in [4.69, 9.17) is 4.74 Å². The van der Waals surface area contributed by atoms with Crippen molar-refractivity contribution in [2.75, 3.05) is 17.9 Å². The zero-order valence-corrected chi connectivity index (χ0v) is 19.1. The molecule has 1 unspecified atom stereocenters. The number of sulfonamides is 1. The van der Waals surface area contributed by atoms with Gasteiger partial charge >= 0.3 is 5.97 Å². The quantitative estimate of drug-likeness (QED) is 0.369. The Labute approximate surface area is 191 Å². The van der Waals surface area contributed by atoms with Crippen molar-refractivity contribution in [3.8, 4) is 0 Å². The fraction of sp³-hybridized carbons (Fsp3) is 0.364. The lowest BCUT2D eigenvalue weighted by molar-refractivity contribution is -0.385. The first-order chi connectivity index (χ1) is 15.6. The van der Waals surface area contributed by atoms with Crippen LogP contribution in [0.4, 0.5) is 11.4 Å². The van der Waals surface area contributed by atoms with Crippen LogP contribution in [0.25, 0.3) is 0 Å². The Morgan fingerprint density at radius 1 is 1.18 bits per heavy atom.